The summed E-state index contributed by atoms with van der Waals surface area (Å²) in [5.74, 6) is -2.60. The average Bonchev–Trinajstić information content (AvgIpc) is 2.62. The van der Waals surface area contributed by atoms with E-state index in [1.165, 1.54) is 19.1 Å². The normalized spacial score (nSPS) is 11.3. The predicted molar refractivity (Wildman–Crippen MR) is 88.1 cm³/mol. The first kappa shape index (κ1) is 18.1. The van der Waals surface area contributed by atoms with Crippen LogP contribution in [0.1, 0.15) is 33.2 Å². The molecule has 2 amide bonds. The van der Waals surface area contributed by atoms with Gasteiger partial charge in [0.25, 0.3) is 11.8 Å². The Labute approximate surface area is 144 Å². The summed E-state index contributed by atoms with van der Waals surface area (Å²) in [5, 5.41) is 0. The lowest BCUT2D eigenvalue weighted by Gasteiger charge is -2.14. The molecule has 1 atom stereocenters. The van der Waals surface area contributed by atoms with Crippen LogP contribution in [-0.2, 0) is 9.53 Å². The van der Waals surface area contributed by atoms with Crippen LogP contribution < -0.4 is 10.9 Å². The van der Waals surface area contributed by atoms with Crippen molar-refractivity contribution in [2.75, 3.05) is 0 Å². The van der Waals surface area contributed by atoms with Crippen molar-refractivity contribution in [2.45, 2.75) is 20.0 Å². The van der Waals surface area contributed by atoms with Gasteiger partial charge in [0.1, 0.15) is 5.82 Å². The molecule has 0 radical (unpaired) electrons. The highest BCUT2D eigenvalue weighted by Crippen LogP contribution is 2.11. The highest BCUT2D eigenvalue weighted by molar-refractivity contribution is 5.96. The van der Waals surface area contributed by atoms with Crippen molar-refractivity contribution in [3.05, 3.63) is 71.0 Å². The number of benzene rings is 2. The quantitative estimate of drug-likeness (QED) is 0.657. The lowest BCUT2D eigenvalue weighted by Crippen LogP contribution is -2.46. The van der Waals surface area contributed by atoms with Crippen molar-refractivity contribution in [1.29, 1.82) is 0 Å². The molecule has 0 saturated heterocycles. The van der Waals surface area contributed by atoms with E-state index in [0.717, 1.165) is 6.07 Å². The van der Waals surface area contributed by atoms with Crippen LogP contribution in [0.15, 0.2) is 48.5 Å². The minimum atomic E-state index is -1.17. The monoisotopic (exact) mass is 344 g/mol. The summed E-state index contributed by atoms with van der Waals surface area (Å²) in [6, 6.07) is 12.2. The zero-order valence-corrected chi connectivity index (χ0v) is 13.7. The van der Waals surface area contributed by atoms with Crippen molar-refractivity contribution < 1.29 is 23.5 Å². The highest BCUT2D eigenvalue weighted by Gasteiger charge is 2.20. The van der Waals surface area contributed by atoms with Gasteiger partial charge < -0.3 is 4.74 Å². The van der Waals surface area contributed by atoms with E-state index >= 15 is 0 Å². The Morgan fingerprint density at radius 3 is 2.32 bits per heavy atom. The molecule has 2 aromatic rings. The molecule has 0 bridgehead atoms. The number of hydrogen-bond acceptors (Lipinski definition) is 4. The predicted octanol–water partition coefficient (Wildman–Crippen LogP) is 2.14. The van der Waals surface area contributed by atoms with Crippen LogP contribution in [0.5, 0.6) is 0 Å². The molecule has 0 aliphatic heterocycles. The molecule has 0 fully saturated rings. The Hall–Kier alpha value is -3.22. The van der Waals surface area contributed by atoms with Gasteiger partial charge in [0, 0.05) is 5.56 Å². The van der Waals surface area contributed by atoms with Crippen LogP contribution in [0.25, 0.3) is 0 Å². The number of rotatable bonds is 4. The van der Waals surface area contributed by atoms with E-state index in [0.29, 0.717) is 11.1 Å². The third-order valence-electron chi connectivity index (χ3n) is 3.40. The summed E-state index contributed by atoms with van der Waals surface area (Å²) in [6.07, 6.45) is -1.17. The number of esters is 1. The molecule has 0 spiro atoms. The van der Waals surface area contributed by atoms with E-state index < -0.39 is 29.7 Å². The first-order valence-electron chi connectivity index (χ1n) is 7.51. The highest BCUT2D eigenvalue weighted by atomic mass is 19.1. The van der Waals surface area contributed by atoms with Gasteiger partial charge in [0.15, 0.2) is 6.10 Å². The molecule has 0 aliphatic carbocycles. The third-order valence-corrected chi connectivity index (χ3v) is 3.40. The maximum atomic E-state index is 13.5. The van der Waals surface area contributed by atoms with Gasteiger partial charge in [-0.2, -0.15) is 0 Å². The van der Waals surface area contributed by atoms with E-state index in [1.807, 2.05) is 0 Å². The molecule has 25 heavy (non-hydrogen) atoms. The summed E-state index contributed by atoms with van der Waals surface area (Å²) in [6.45, 7) is 2.91. The Bertz CT molecular complexity index is 793. The summed E-state index contributed by atoms with van der Waals surface area (Å²) >= 11 is 0. The molecule has 0 heterocycles. The first-order valence-corrected chi connectivity index (χ1v) is 7.51. The Morgan fingerprint density at radius 2 is 1.68 bits per heavy atom. The Morgan fingerprint density at radius 1 is 1.00 bits per heavy atom. The van der Waals surface area contributed by atoms with Gasteiger partial charge >= 0.3 is 5.97 Å². The van der Waals surface area contributed by atoms with Gasteiger partial charge in [-0.3, -0.25) is 20.4 Å². The van der Waals surface area contributed by atoms with Crippen LogP contribution in [0.2, 0.25) is 0 Å². The SMILES string of the molecule is Cc1ccc(C(=O)O[C@@H](C)C(=O)NNC(=O)c2ccccc2)cc1F. The number of hydrazine groups is 1. The van der Waals surface area contributed by atoms with Crippen LogP contribution in [0.3, 0.4) is 0 Å². The zero-order chi connectivity index (χ0) is 18.4. The smallest absolute Gasteiger partial charge is 0.339 e. The lowest BCUT2D eigenvalue weighted by molar-refractivity contribution is -0.129. The Kier molecular flexibility index (Phi) is 5.84. The number of hydrogen-bond donors (Lipinski definition) is 2. The third kappa shape index (κ3) is 4.87. The summed E-state index contributed by atoms with van der Waals surface area (Å²) in [7, 11) is 0. The van der Waals surface area contributed by atoms with Gasteiger partial charge in [0.2, 0.25) is 0 Å². The fraction of sp³-hybridized carbons (Fsp3) is 0.167. The van der Waals surface area contributed by atoms with Gasteiger partial charge in [0.05, 0.1) is 5.56 Å². The average molecular weight is 344 g/mol. The van der Waals surface area contributed by atoms with Crippen LogP contribution in [-0.4, -0.2) is 23.9 Å². The maximum Gasteiger partial charge on any atom is 0.339 e. The van der Waals surface area contributed by atoms with E-state index in [2.05, 4.69) is 10.9 Å². The Balaban J connectivity index is 1.88. The van der Waals surface area contributed by atoms with Crippen LogP contribution in [0, 0.1) is 12.7 Å². The molecule has 2 rings (SSSR count). The molecule has 0 aromatic heterocycles. The molecule has 0 unspecified atom stereocenters. The van der Waals surface area contributed by atoms with Crippen molar-refractivity contribution in [3.8, 4) is 0 Å². The fourth-order valence-corrected chi connectivity index (χ4v) is 1.88. The fourth-order valence-electron chi connectivity index (χ4n) is 1.88. The van der Waals surface area contributed by atoms with E-state index in [4.69, 9.17) is 4.74 Å². The second kappa shape index (κ2) is 8.05. The number of amides is 2. The number of ether oxygens (including phenoxy) is 1. The molecule has 130 valence electrons. The molecule has 2 aromatic carbocycles. The lowest BCUT2D eigenvalue weighted by atomic mass is 10.1. The number of halogens is 1. The standard InChI is InChI=1S/C18H17FN2O4/c1-11-8-9-14(10-15(11)19)18(24)25-12(2)16(22)20-21-17(23)13-6-4-3-5-7-13/h3-10,12H,1-2H3,(H,20,22)(H,21,23)/t12-/m0/s1. The molecule has 0 aliphatic rings. The van der Waals surface area contributed by atoms with Gasteiger partial charge in [-0.25, -0.2) is 9.18 Å². The number of carbonyl (C=O) groups excluding carboxylic acids is 3. The van der Waals surface area contributed by atoms with E-state index in [9.17, 15) is 18.8 Å². The largest absolute Gasteiger partial charge is 0.449 e. The topological polar surface area (TPSA) is 84.5 Å². The van der Waals surface area contributed by atoms with Gasteiger partial charge in [-0.05, 0) is 43.7 Å². The molecule has 2 N–H and O–H groups in total. The minimum absolute atomic E-state index is 0.00364. The van der Waals surface area contributed by atoms with Crippen LogP contribution in [0.4, 0.5) is 4.39 Å². The zero-order valence-electron chi connectivity index (χ0n) is 13.7. The minimum Gasteiger partial charge on any atom is -0.449 e. The molecule has 6 nitrogen and oxygen atoms in total. The molecule has 7 heteroatoms. The molecule has 0 saturated carbocycles. The molecular weight excluding hydrogens is 327 g/mol. The first-order chi connectivity index (χ1) is 11.9. The van der Waals surface area contributed by atoms with Crippen molar-refractivity contribution in [3.63, 3.8) is 0 Å². The van der Waals surface area contributed by atoms with Gasteiger partial charge in [-0.15, -0.1) is 0 Å². The van der Waals surface area contributed by atoms with Crippen molar-refractivity contribution in [1.82, 2.24) is 10.9 Å². The second-order valence-corrected chi connectivity index (χ2v) is 5.32. The maximum absolute atomic E-state index is 13.5. The summed E-state index contributed by atoms with van der Waals surface area (Å²) in [5.41, 5.74) is 5.14. The number of aryl methyl sites for hydroxylation is 1. The van der Waals surface area contributed by atoms with Crippen molar-refractivity contribution >= 4 is 17.8 Å². The number of nitrogens with one attached hydrogen (secondary N) is 2. The van der Waals surface area contributed by atoms with Crippen molar-refractivity contribution in [2.24, 2.45) is 0 Å². The van der Waals surface area contributed by atoms with E-state index in [1.54, 1.807) is 37.3 Å². The second-order valence-electron chi connectivity index (χ2n) is 5.32. The molecular formula is C18H17FN2O4. The summed E-state index contributed by atoms with van der Waals surface area (Å²) < 4.78 is 18.4. The number of carbonyl (C=O) groups is 3. The van der Waals surface area contributed by atoms with Gasteiger partial charge in [-0.1, -0.05) is 24.3 Å². The van der Waals surface area contributed by atoms with E-state index in [-0.39, 0.29) is 5.56 Å². The summed E-state index contributed by atoms with van der Waals surface area (Å²) in [4.78, 5) is 35.6. The van der Waals surface area contributed by atoms with Crippen LogP contribution >= 0.6 is 0 Å².